The van der Waals surface area contributed by atoms with E-state index in [1.165, 1.54) is 5.57 Å². The number of ether oxygens (including phenoxy) is 2. The second kappa shape index (κ2) is 11.8. The van der Waals surface area contributed by atoms with Crippen LogP contribution < -0.4 is 11.1 Å². The van der Waals surface area contributed by atoms with Crippen molar-refractivity contribution in [3.63, 3.8) is 0 Å². The SMILES string of the molecule is CN[C@@H](CO[C@H]1[C@H](n2nnc(N)n2)C[C@@]23COC[C@]1(C)[C@@H]2CC[C@H]1C3=CC[C@@]2(C)[C@H](C(=O)O)[C@@](C)([C@H](C)C(C)C)CC[C@]12C)C(C)C. The van der Waals surface area contributed by atoms with E-state index in [-0.39, 0.29) is 51.2 Å². The quantitative estimate of drug-likeness (QED) is 0.273. The van der Waals surface area contributed by atoms with Crippen molar-refractivity contribution in [3.05, 3.63) is 11.6 Å². The van der Waals surface area contributed by atoms with Crippen molar-refractivity contribution in [2.75, 3.05) is 32.6 Å². The van der Waals surface area contributed by atoms with Crippen molar-refractivity contribution in [1.29, 1.82) is 0 Å². The van der Waals surface area contributed by atoms with E-state index in [9.17, 15) is 9.90 Å². The molecule has 4 N–H and O–H groups in total. The van der Waals surface area contributed by atoms with Gasteiger partial charge in [-0.15, -0.1) is 5.10 Å². The van der Waals surface area contributed by atoms with Crippen LogP contribution in [0.15, 0.2) is 11.6 Å². The van der Waals surface area contributed by atoms with Gasteiger partial charge in [0, 0.05) is 16.9 Å². The maximum Gasteiger partial charge on any atom is 0.307 e. The molecule has 1 saturated heterocycles. The Morgan fingerprint density at radius 3 is 2.43 bits per heavy atom. The van der Waals surface area contributed by atoms with E-state index >= 15 is 0 Å². The molecule has 264 valence electrons. The third kappa shape index (κ3) is 4.88. The number of aliphatic carboxylic acids is 1. The van der Waals surface area contributed by atoms with Crippen LogP contribution in [0.25, 0.3) is 0 Å². The van der Waals surface area contributed by atoms with Gasteiger partial charge in [-0.1, -0.05) is 79.1 Å². The molecular weight excluding hydrogens is 592 g/mol. The molecular formula is C37H62N6O4. The molecule has 10 nitrogen and oxygen atoms in total. The van der Waals surface area contributed by atoms with Crippen LogP contribution >= 0.6 is 0 Å². The van der Waals surface area contributed by atoms with Crippen LogP contribution in [0.4, 0.5) is 5.95 Å². The molecule has 1 aromatic rings. The van der Waals surface area contributed by atoms with Crippen LogP contribution in [0.5, 0.6) is 0 Å². The minimum atomic E-state index is -0.625. The zero-order chi connectivity index (χ0) is 34.3. The summed E-state index contributed by atoms with van der Waals surface area (Å²) in [5.41, 5.74) is 6.32. The van der Waals surface area contributed by atoms with Crippen molar-refractivity contribution in [2.45, 2.75) is 119 Å². The molecule has 3 saturated carbocycles. The number of fused-ring (bicyclic) bond motifs is 3. The molecule has 6 rings (SSSR count). The molecule has 12 atom stereocenters. The number of carbonyl (C=O) groups is 1. The van der Waals surface area contributed by atoms with Gasteiger partial charge in [0.15, 0.2) is 0 Å². The zero-order valence-electron chi connectivity index (χ0n) is 30.7. The van der Waals surface area contributed by atoms with Crippen LogP contribution in [-0.2, 0) is 14.3 Å². The Morgan fingerprint density at radius 2 is 1.83 bits per heavy atom. The van der Waals surface area contributed by atoms with E-state index in [0.29, 0.717) is 49.4 Å². The van der Waals surface area contributed by atoms with E-state index in [1.54, 1.807) is 4.80 Å². The highest BCUT2D eigenvalue weighted by Gasteiger charge is 2.72. The average molecular weight is 655 g/mol. The van der Waals surface area contributed by atoms with Crippen molar-refractivity contribution >= 4 is 11.9 Å². The summed E-state index contributed by atoms with van der Waals surface area (Å²) in [5.74, 6) is 0.969. The number of carboxylic acids is 1. The topological polar surface area (TPSA) is 137 Å². The lowest BCUT2D eigenvalue weighted by atomic mass is 9.34. The zero-order valence-corrected chi connectivity index (χ0v) is 30.7. The lowest BCUT2D eigenvalue weighted by molar-refractivity contribution is -0.252. The predicted molar refractivity (Wildman–Crippen MR) is 182 cm³/mol. The number of carboxylic acid groups (broad SMARTS) is 1. The highest BCUT2D eigenvalue weighted by Crippen LogP contribution is 2.75. The first-order valence-corrected chi connectivity index (χ1v) is 18.3. The second-order valence-electron chi connectivity index (χ2n) is 18.0. The van der Waals surface area contributed by atoms with Crippen molar-refractivity contribution < 1.29 is 19.4 Å². The number of nitrogens with one attached hydrogen (secondary N) is 1. The Labute approximate surface area is 282 Å². The number of hydrogen-bond acceptors (Lipinski definition) is 8. The first kappa shape index (κ1) is 34.8. The molecule has 1 aromatic heterocycles. The lowest BCUT2D eigenvalue weighted by Gasteiger charge is -2.71. The summed E-state index contributed by atoms with van der Waals surface area (Å²) in [7, 11) is 2.00. The second-order valence-corrected chi connectivity index (χ2v) is 18.0. The number of tetrazole rings is 1. The van der Waals surface area contributed by atoms with Crippen LogP contribution in [0.1, 0.15) is 107 Å². The van der Waals surface area contributed by atoms with Crippen molar-refractivity contribution in [1.82, 2.24) is 25.5 Å². The molecule has 0 amide bonds. The molecule has 1 aliphatic heterocycles. The Kier molecular flexibility index (Phi) is 8.73. The van der Waals surface area contributed by atoms with Gasteiger partial charge in [0.2, 0.25) is 0 Å². The minimum Gasteiger partial charge on any atom is -0.481 e. The maximum atomic E-state index is 13.4. The van der Waals surface area contributed by atoms with Crippen molar-refractivity contribution in [3.8, 4) is 0 Å². The van der Waals surface area contributed by atoms with Crippen LogP contribution in [0.2, 0.25) is 0 Å². The average Bonchev–Trinajstić information content (AvgIpc) is 3.43. The van der Waals surface area contributed by atoms with Crippen LogP contribution in [0, 0.1) is 62.6 Å². The van der Waals surface area contributed by atoms with Gasteiger partial charge in [0.25, 0.3) is 5.95 Å². The number of nitrogen functional groups attached to an aromatic ring is 1. The Balaban J connectivity index is 1.44. The molecule has 4 aliphatic carbocycles. The molecule has 10 heteroatoms. The first-order valence-electron chi connectivity index (χ1n) is 18.3. The summed E-state index contributed by atoms with van der Waals surface area (Å²) in [4.78, 5) is 15.1. The maximum absolute atomic E-state index is 13.4. The lowest BCUT2D eigenvalue weighted by Crippen LogP contribution is -2.69. The van der Waals surface area contributed by atoms with E-state index < -0.39 is 11.9 Å². The first-order chi connectivity index (χ1) is 22.0. The number of rotatable bonds is 9. The smallest absolute Gasteiger partial charge is 0.307 e. The molecule has 0 spiro atoms. The van der Waals surface area contributed by atoms with E-state index in [0.717, 1.165) is 38.5 Å². The molecule has 0 unspecified atom stereocenters. The molecule has 0 radical (unpaired) electrons. The molecule has 2 heterocycles. The van der Waals surface area contributed by atoms with Gasteiger partial charge < -0.3 is 25.6 Å². The fourth-order valence-electron chi connectivity index (χ4n) is 12.3. The van der Waals surface area contributed by atoms with Gasteiger partial charge in [-0.2, -0.15) is 4.80 Å². The standard InChI is InChI=1S/C37H62N6O4/c1-21(2)23(5)33(6)15-16-35(8)24-11-12-28-34(7)19-46-20-37(28,25(24)13-14-36(35,9)29(33)31(44)45)17-27(43-41-32(38)40-42-43)30(34)47-18-26(39-10)22(3)4/h13,21-24,26-30,39H,11-12,14-20H2,1-10H3,(H2,38,41)(H,44,45)/t23-,24+,26+,27-,28+,29-,30+,33-,34-,35-,36+,37+/m1/s1. The summed E-state index contributed by atoms with van der Waals surface area (Å²) in [5, 5.41) is 27.6. The van der Waals surface area contributed by atoms with E-state index in [1.807, 2.05) is 7.05 Å². The van der Waals surface area contributed by atoms with Crippen LogP contribution in [0.3, 0.4) is 0 Å². The fraction of sp³-hybridized carbons (Fsp3) is 0.892. The molecule has 2 bridgehead atoms. The van der Waals surface area contributed by atoms with Crippen molar-refractivity contribution in [2.24, 2.45) is 62.6 Å². The Morgan fingerprint density at radius 1 is 1.11 bits per heavy atom. The monoisotopic (exact) mass is 654 g/mol. The minimum absolute atomic E-state index is 0.139. The van der Waals surface area contributed by atoms with Gasteiger partial charge in [0.05, 0.1) is 31.8 Å². The number of nitrogens with two attached hydrogens (primary N) is 1. The summed E-state index contributed by atoms with van der Waals surface area (Å²) in [6, 6.07) is 0.0694. The summed E-state index contributed by atoms with van der Waals surface area (Å²) >= 11 is 0. The predicted octanol–water partition coefficient (Wildman–Crippen LogP) is 6.01. The van der Waals surface area contributed by atoms with E-state index in [2.05, 4.69) is 89.1 Å². The number of aromatic nitrogens is 4. The number of allylic oxidation sites excluding steroid dienone is 1. The summed E-state index contributed by atoms with van der Waals surface area (Å²) in [6.45, 7) is 22.5. The Hall–Kier alpha value is -2.04. The summed E-state index contributed by atoms with van der Waals surface area (Å²) in [6.07, 6.45) is 8.01. The number of hydrogen-bond donors (Lipinski definition) is 3. The Bertz CT molecular complexity index is 1380. The van der Waals surface area contributed by atoms with Gasteiger partial charge in [-0.25, -0.2) is 0 Å². The number of anilines is 1. The molecule has 5 aliphatic rings. The highest BCUT2D eigenvalue weighted by molar-refractivity contribution is 5.73. The van der Waals surface area contributed by atoms with Gasteiger partial charge in [0.1, 0.15) is 6.04 Å². The largest absolute Gasteiger partial charge is 0.481 e. The van der Waals surface area contributed by atoms with Gasteiger partial charge in [-0.3, -0.25) is 4.79 Å². The molecule has 47 heavy (non-hydrogen) atoms. The third-order valence-electron chi connectivity index (χ3n) is 15.5. The highest BCUT2D eigenvalue weighted by atomic mass is 16.5. The van der Waals surface area contributed by atoms with Gasteiger partial charge in [-0.05, 0) is 96.6 Å². The number of likely N-dealkylation sites (N-methyl/N-ethyl adjacent to an activating group) is 1. The fourth-order valence-corrected chi connectivity index (χ4v) is 12.3. The normalized spacial score (nSPS) is 44.3. The van der Waals surface area contributed by atoms with Gasteiger partial charge >= 0.3 is 5.97 Å². The molecule has 4 fully saturated rings. The van der Waals surface area contributed by atoms with Crippen LogP contribution in [-0.4, -0.2) is 70.3 Å². The molecule has 0 aromatic carbocycles. The van der Waals surface area contributed by atoms with E-state index in [4.69, 9.17) is 15.2 Å². The number of nitrogens with zero attached hydrogens (tertiary/aromatic N) is 4. The third-order valence-corrected chi connectivity index (χ3v) is 15.5. The summed E-state index contributed by atoms with van der Waals surface area (Å²) < 4.78 is 13.6.